The summed E-state index contributed by atoms with van der Waals surface area (Å²) >= 11 is 0. The lowest BCUT2D eigenvalue weighted by Crippen LogP contribution is -2.21. The summed E-state index contributed by atoms with van der Waals surface area (Å²) in [7, 11) is 0. The monoisotopic (exact) mass is 284 g/mol. The predicted octanol–water partition coefficient (Wildman–Crippen LogP) is 3.54. The molecule has 0 saturated heterocycles. The summed E-state index contributed by atoms with van der Waals surface area (Å²) in [4.78, 5) is 15.2. The molecule has 7 heteroatoms. The van der Waals surface area contributed by atoms with Gasteiger partial charge in [0.25, 0.3) is 0 Å². The summed E-state index contributed by atoms with van der Waals surface area (Å²) in [6.45, 7) is 1.81. The van der Waals surface area contributed by atoms with Crippen LogP contribution in [0.2, 0.25) is 0 Å². The number of aryl methyl sites for hydroxylation is 1. The van der Waals surface area contributed by atoms with Crippen LogP contribution < -0.4 is 5.32 Å². The highest BCUT2D eigenvalue weighted by molar-refractivity contribution is 5.91. The standard InChI is InChI=1S/C13H11F3N2O2/c1-8-2-3-9(18-11(19)7-13(14,15)16)6-10(8)12-17-4-5-20-12/h2-6H,7H2,1H3,(H,18,19). The molecular formula is C13H11F3N2O2. The Morgan fingerprint density at radius 1 is 1.40 bits per heavy atom. The molecule has 1 aromatic carbocycles. The van der Waals surface area contributed by atoms with Crippen LogP contribution in [-0.4, -0.2) is 17.1 Å². The minimum atomic E-state index is -4.53. The summed E-state index contributed by atoms with van der Waals surface area (Å²) in [5.41, 5.74) is 1.71. The lowest BCUT2D eigenvalue weighted by Gasteiger charge is -2.09. The number of aromatic nitrogens is 1. The number of alkyl halides is 3. The Balaban J connectivity index is 2.18. The molecule has 0 aliphatic carbocycles. The third-order valence-electron chi connectivity index (χ3n) is 2.55. The summed E-state index contributed by atoms with van der Waals surface area (Å²) in [5, 5.41) is 2.20. The van der Waals surface area contributed by atoms with Crippen molar-refractivity contribution in [2.75, 3.05) is 5.32 Å². The van der Waals surface area contributed by atoms with Crippen molar-refractivity contribution in [3.05, 3.63) is 36.2 Å². The van der Waals surface area contributed by atoms with Crippen molar-refractivity contribution in [2.24, 2.45) is 0 Å². The maximum atomic E-state index is 12.1. The van der Waals surface area contributed by atoms with E-state index in [4.69, 9.17) is 4.42 Å². The Hall–Kier alpha value is -2.31. The largest absolute Gasteiger partial charge is 0.445 e. The molecule has 1 heterocycles. The molecular weight excluding hydrogens is 273 g/mol. The number of nitrogens with one attached hydrogen (secondary N) is 1. The lowest BCUT2D eigenvalue weighted by molar-refractivity contribution is -0.150. The molecule has 1 aromatic heterocycles. The Bertz CT molecular complexity index is 607. The molecule has 20 heavy (non-hydrogen) atoms. The molecule has 0 aliphatic rings. The topological polar surface area (TPSA) is 55.1 Å². The lowest BCUT2D eigenvalue weighted by atomic mass is 10.1. The van der Waals surface area contributed by atoms with Crippen LogP contribution in [-0.2, 0) is 4.79 Å². The Morgan fingerprint density at radius 3 is 2.75 bits per heavy atom. The molecule has 0 saturated carbocycles. The van der Waals surface area contributed by atoms with Gasteiger partial charge in [0, 0.05) is 11.3 Å². The van der Waals surface area contributed by atoms with Gasteiger partial charge in [-0.1, -0.05) is 6.07 Å². The minimum Gasteiger partial charge on any atom is -0.445 e. The van der Waals surface area contributed by atoms with Gasteiger partial charge in [0.05, 0.1) is 6.20 Å². The number of oxazole rings is 1. The van der Waals surface area contributed by atoms with E-state index < -0.39 is 18.5 Å². The number of hydrogen-bond donors (Lipinski definition) is 1. The number of benzene rings is 1. The average Bonchev–Trinajstić information content (AvgIpc) is 2.82. The third kappa shape index (κ3) is 3.59. The summed E-state index contributed by atoms with van der Waals surface area (Å²) in [6, 6.07) is 4.72. The van der Waals surface area contributed by atoms with E-state index in [9.17, 15) is 18.0 Å². The van der Waals surface area contributed by atoms with Crippen molar-refractivity contribution in [3.8, 4) is 11.5 Å². The number of nitrogens with zero attached hydrogens (tertiary/aromatic N) is 1. The van der Waals surface area contributed by atoms with E-state index in [1.807, 2.05) is 0 Å². The number of rotatable bonds is 3. The Morgan fingerprint density at radius 2 is 2.15 bits per heavy atom. The van der Waals surface area contributed by atoms with Crippen LogP contribution in [0, 0.1) is 6.92 Å². The molecule has 0 radical (unpaired) electrons. The second-order valence-corrected chi connectivity index (χ2v) is 4.21. The minimum absolute atomic E-state index is 0.262. The second-order valence-electron chi connectivity index (χ2n) is 4.21. The van der Waals surface area contributed by atoms with Gasteiger partial charge in [-0.3, -0.25) is 4.79 Å². The predicted molar refractivity (Wildman–Crippen MR) is 66.0 cm³/mol. The van der Waals surface area contributed by atoms with Crippen molar-refractivity contribution >= 4 is 11.6 Å². The molecule has 1 N–H and O–H groups in total. The fourth-order valence-corrected chi connectivity index (χ4v) is 1.67. The zero-order chi connectivity index (χ0) is 14.8. The van der Waals surface area contributed by atoms with Crippen molar-refractivity contribution in [3.63, 3.8) is 0 Å². The molecule has 0 bridgehead atoms. The highest BCUT2D eigenvalue weighted by Crippen LogP contribution is 2.26. The SMILES string of the molecule is Cc1ccc(NC(=O)CC(F)(F)F)cc1-c1ncco1. The van der Waals surface area contributed by atoms with Crippen LogP contribution in [0.25, 0.3) is 11.5 Å². The average molecular weight is 284 g/mol. The first-order chi connectivity index (χ1) is 9.35. The first-order valence-electron chi connectivity index (χ1n) is 5.72. The van der Waals surface area contributed by atoms with Gasteiger partial charge in [-0.25, -0.2) is 4.98 Å². The van der Waals surface area contributed by atoms with E-state index in [-0.39, 0.29) is 5.69 Å². The maximum absolute atomic E-state index is 12.1. The summed E-state index contributed by atoms with van der Waals surface area (Å²) in [6.07, 6.45) is -3.19. The quantitative estimate of drug-likeness (QED) is 0.937. The van der Waals surface area contributed by atoms with Gasteiger partial charge in [0.2, 0.25) is 11.8 Å². The molecule has 2 aromatic rings. The third-order valence-corrected chi connectivity index (χ3v) is 2.55. The second kappa shape index (κ2) is 5.36. The molecule has 0 atom stereocenters. The van der Waals surface area contributed by atoms with Gasteiger partial charge >= 0.3 is 6.18 Å². The first-order valence-corrected chi connectivity index (χ1v) is 5.72. The molecule has 0 fully saturated rings. The number of halogens is 3. The smallest absolute Gasteiger partial charge is 0.397 e. The zero-order valence-corrected chi connectivity index (χ0v) is 10.5. The van der Waals surface area contributed by atoms with E-state index in [1.165, 1.54) is 24.6 Å². The van der Waals surface area contributed by atoms with E-state index >= 15 is 0 Å². The normalized spacial score (nSPS) is 11.4. The van der Waals surface area contributed by atoms with E-state index in [1.54, 1.807) is 13.0 Å². The first kappa shape index (κ1) is 14.1. The van der Waals surface area contributed by atoms with Crippen LogP contribution in [0.15, 0.2) is 35.1 Å². The molecule has 4 nitrogen and oxygen atoms in total. The van der Waals surface area contributed by atoms with Gasteiger partial charge in [0.1, 0.15) is 12.7 Å². The van der Waals surface area contributed by atoms with E-state index in [0.717, 1.165) is 5.56 Å². The van der Waals surface area contributed by atoms with Crippen molar-refractivity contribution < 1.29 is 22.4 Å². The highest BCUT2D eigenvalue weighted by Gasteiger charge is 2.31. The van der Waals surface area contributed by atoms with Gasteiger partial charge in [0.15, 0.2) is 0 Å². The summed E-state index contributed by atoms with van der Waals surface area (Å²) < 4.78 is 41.4. The highest BCUT2D eigenvalue weighted by atomic mass is 19.4. The number of amides is 1. The number of anilines is 1. The summed E-state index contributed by atoms with van der Waals surface area (Å²) in [5.74, 6) is -0.769. The van der Waals surface area contributed by atoms with Gasteiger partial charge in [-0.05, 0) is 24.6 Å². The molecule has 0 spiro atoms. The fraction of sp³-hybridized carbons (Fsp3) is 0.231. The van der Waals surface area contributed by atoms with Crippen LogP contribution in [0.5, 0.6) is 0 Å². The molecule has 106 valence electrons. The Labute approximate surface area is 112 Å². The van der Waals surface area contributed by atoms with E-state index in [0.29, 0.717) is 11.5 Å². The number of carbonyl (C=O) groups excluding carboxylic acids is 1. The Kier molecular flexibility index (Phi) is 3.78. The van der Waals surface area contributed by atoms with Gasteiger partial charge < -0.3 is 9.73 Å². The number of carbonyl (C=O) groups is 1. The molecule has 2 rings (SSSR count). The number of hydrogen-bond acceptors (Lipinski definition) is 3. The maximum Gasteiger partial charge on any atom is 0.397 e. The van der Waals surface area contributed by atoms with Crippen molar-refractivity contribution in [2.45, 2.75) is 19.5 Å². The zero-order valence-electron chi connectivity index (χ0n) is 10.5. The fourth-order valence-electron chi connectivity index (χ4n) is 1.67. The van der Waals surface area contributed by atoms with E-state index in [2.05, 4.69) is 10.3 Å². The van der Waals surface area contributed by atoms with Crippen molar-refractivity contribution in [1.29, 1.82) is 0 Å². The van der Waals surface area contributed by atoms with Crippen LogP contribution in [0.1, 0.15) is 12.0 Å². The van der Waals surface area contributed by atoms with Crippen LogP contribution >= 0.6 is 0 Å². The van der Waals surface area contributed by atoms with Crippen LogP contribution in [0.4, 0.5) is 18.9 Å². The van der Waals surface area contributed by atoms with Crippen molar-refractivity contribution in [1.82, 2.24) is 4.98 Å². The molecule has 1 amide bonds. The molecule has 0 unspecified atom stereocenters. The van der Waals surface area contributed by atoms with Gasteiger partial charge in [-0.2, -0.15) is 13.2 Å². The molecule has 0 aliphatic heterocycles. The van der Waals surface area contributed by atoms with Crippen LogP contribution in [0.3, 0.4) is 0 Å². The van der Waals surface area contributed by atoms with Gasteiger partial charge in [-0.15, -0.1) is 0 Å².